The third-order valence-electron chi connectivity index (χ3n) is 3.46. The minimum Gasteiger partial charge on any atom is -0.336 e. The van der Waals surface area contributed by atoms with E-state index in [1.807, 2.05) is 18.7 Å². The highest BCUT2D eigenvalue weighted by Gasteiger charge is 2.26. The van der Waals surface area contributed by atoms with E-state index in [0.29, 0.717) is 13.1 Å². The van der Waals surface area contributed by atoms with Crippen molar-refractivity contribution in [3.63, 3.8) is 0 Å². The van der Waals surface area contributed by atoms with Crippen LogP contribution in [0, 0.1) is 12.7 Å². The number of hydrogen-bond donors (Lipinski definition) is 1. The summed E-state index contributed by atoms with van der Waals surface area (Å²) in [6.07, 6.45) is 0.803. The van der Waals surface area contributed by atoms with Crippen LogP contribution in [0.3, 0.4) is 0 Å². The Labute approximate surface area is 107 Å². The van der Waals surface area contributed by atoms with Crippen molar-refractivity contribution in [2.24, 2.45) is 0 Å². The Balaban J connectivity index is 2.10. The highest BCUT2D eigenvalue weighted by atomic mass is 19.1. The van der Waals surface area contributed by atoms with Gasteiger partial charge in [0.1, 0.15) is 5.82 Å². The topological polar surface area (TPSA) is 32.3 Å². The highest BCUT2D eigenvalue weighted by Crippen LogP contribution is 2.15. The van der Waals surface area contributed by atoms with Crippen LogP contribution >= 0.6 is 0 Å². The van der Waals surface area contributed by atoms with Gasteiger partial charge in [0.05, 0.1) is 6.04 Å². The van der Waals surface area contributed by atoms with Crippen LogP contribution in [0.25, 0.3) is 0 Å². The van der Waals surface area contributed by atoms with Crippen LogP contribution < -0.4 is 5.32 Å². The van der Waals surface area contributed by atoms with Crippen LogP contribution in [0.2, 0.25) is 0 Å². The molecule has 18 heavy (non-hydrogen) atoms. The molecule has 4 heteroatoms. The molecule has 1 aliphatic heterocycles. The Kier molecular flexibility index (Phi) is 3.97. The smallest absolute Gasteiger partial charge is 0.240 e. The number of amides is 1. The van der Waals surface area contributed by atoms with E-state index in [2.05, 4.69) is 5.32 Å². The maximum atomic E-state index is 13.0. The van der Waals surface area contributed by atoms with Crippen LogP contribution in [0.4, 0.5) is 4.39 Å². The molecule has 1 aliphatic rings. The van der Waals surface area contributed by atoms with Crippen molar-refractivity contribution in [3.05, 3.63) is 35.1 Å². The number of carbonyl (C=O) groups is 1. The molecule has 0 aromatic heterocycles. The minimum atomic E-state index is -0.227. The van der Waals surface area contributed by atoms with E-state index in [1.165, 1.54) is 12.1 Å². The molecule has 1 fully saturated rings. The van der Waals surface area contributed by atoms with Crippen molar-refractivity contribution in [1.82, 2.24) is 10.2 Å². The molecule has 1 aromatic carbocycles. The summed E-state index contributed by atoms with van der Waals surface area (Å²) in [5.74, 6) is -0.0817. The van der Waals surface area contributed by atoms with Gasteiger partial charge in [-0.2, -0.15) is 0 Å². The molecule has 0 saturated carbocycles. The minimum absolute atomic E-state index is 0.0699. The maximum absolute atomic E-state index is 13.0. The molecule has 3 nitrogen and oxygen atoms in total. The standard InChI is InChI=1S/C14H19FN2O/c1-3-13-14(18)17(7-6-16-13)9-11-4-5-12(15)8-10(11)2/h4-5,8,13,16H,3,6-7,9H2,1-2H3. The lowest BCUT2D eigenvalue weighted by Crippen LogP contribution is -2.54. The van der Waals surface area contributed by atoms with Crippen LogP contribution in [0.5, 0.6) is 0 Å². The Hall–Kier alpha value is -1.42. The largest absolute Gasteiger partial charge is 0.336 e. The van der Waals surface area contributed by atoms with E-state index in [0.717, 1.165) is 24.1 Å². The number of carbonyl (C=O) groups excluding carboxylic acids is 1. The molecule has 1 N–H and O–H groups in total. The predicted octanol–water partition coefficient (Wildman–Crippen LogP) is 1.84. The van der Waals surface area contributed by atoms with Gasteiger partial charge in [-0.25, -0.2) is 4.39 Å². The first-order valence-electron chi connectivity index (χ1n) is 6.39. The second kappa shape index (κ2) is 5.48. The number of piperazine rings is 1. The average Bonchev–Trinajstić information content (AvgIpc) is 2.35. The second-order valence-electron chi connectivity index (χ2n) is 4.75. The lowest BCUT2D eigenvalue weighted by molar-refractivity contribution is -0.136. The van der Waals surface area contributed by atoms with Crippen molar-refractivity contribution in [2.75, 3.05) is 13.1 Å². The quantitative estimate of drug-likeness (QED) is 0.888. The van der Waals surface area contributed by atoms with E-state index in [4.69, 9.17) is 0 Å². The first kappa shape index (κ1) is 13.0. The van der Waals surface area contributed by atoms with Crippen molar-refractivity contribution in [2.45, 2.75) is 32.9 Å². The molecule has 1 saturated heterocycles. The van der Waals surface area contributed by atoms with Gasteiger partial charge in [-0.1, -0.05) is 13.0 Å². The fourth-order valence-electron chi connectivity index (χ4n) is 2.31. The summed E-state index contributed by atoms with van der Waals surface area (Å²) in [5.41, 5.74) is 1.91. The van der Waals surface area contributed by atoms with Crippen molar-refractivity contribution in [3.8, 4) is 0 Å². The number of halogens is 1. The van der Waals surface area contributed by atoms with Gasteiger partial charge >= 0.3 is 0 Å². The van der Waals surface area contributed by atoms with Crippen LogP contribution in [-0.2, 0) is 11.3 Å². The predicted molar refractivity (Wildman–Crippen MR) is 68.6 cm³/mol. The molecule has 98 valence electrons. The molecule has 0 aliphatic carbocycles. The Morgan fingerprint density at radius 3 is 2.94 bits per heavy atom. The normalized spacial score (nSPS) is 20.3. The summed E-state index contributed by atoms with van der Waals surface area (Å²) in [4.78, 5) is 14.0. The van der Waals surface area contributed by atoms with Crippen molar-refractivity contribution < 1.29 is 9.18 Å². The van der Waals surface area contributed by atoms with Gasteiger partial charge < -0.3 is 10.2 Å². The summed E-state index contributed by atoms with van der Waals surface area (Å²) >= 11 is 0. The summed E-state index contributed by atoms with van der Waals surface area (Å²) in [7, 11) is 0. The number of hydrogen-bond acceptors (Lipinski definition) is 2. The Morgan fingerprint density at radius 2 is 2.28 bits per heavy atom. The lowest BCUT2D eigenvalue weighted by Gasteiger charge is -2.33. The molecule has 0 spiro atoms. The van der Waals surface area contributed by atoms with E-state index in [-0.39, 0.29) is 17.8 Å². The van der Waals surface area contributed by atoms with Gasteiger partial charge in [-0.05, 0) is 36.6 Å². The van der Waals surface area contributed by atoms with Crippen LogP contribution in [-0.4, -0.2) is 29.9 Å². The number of rotatable bonds is 3. The summed E-state index contributed by atoms with van der Waals surface area (Å²) in [6, 6.07) is 4.66. The summed E-state index contributed by atoms with van der Waals surface area (Å²) in [5, 5.41) is 3.21. The van der Waals surface area contributed by atoms with Crippen LogP contribution in [0.1, 0.15) is 24.5 Å². The van der Waals surface area contributed by atoms with Gasteiger partial charge in [0.15, 0.2) is 0 Å². The van der Waals surface area contributed by atoms with E-state index >= 15 is 0 Å². The number of nitrogens with zero attached hydrogens (tertiary/aromatic N) is 1. The zero-order valence-corrected chi connectivity index (χ0v) is 10.9. The Morgan fingerprint density at radius 1 is 1.50 bits per heavy atom. The zero-order chi connectivity index (χ0) is 13.1. The average molecular weight is 250 g/mol. The lowest BCUT2D eigenvalue weighted by atomic mass is 10.1. The Bertz CT molecular complexity index is 447. The number of aryl methyl sites for hydroxylation is 1. The first-order valence-corrected chi connectivity index (χ1v) is 6.39. The van der Waals surface area contributed by atoms with Gasteiger partial charge in [-0.3, -0.25) is 4.79 Å². The van der Waals surface area contributed by atoms with Gasteiger partial charge in [0.2, 0.25) is 5.91 Å². The second-order valence-corrected chi connectivity index (χ2v) is 4.75. The summed E-state index contributed by atoms with van der Waals surface area (Å²) < 4.78 is 13.0. The fourth-order valence-corrected chi connectivity index (χ4v) is 2.31. The van der Waals surface area contributed by atoms with Gasteiger partial charge in [0, 0.05) is 19.6 Å². The van der Waals surface area contributed by atoms with E-state index in [9.17, 15) is 9.18 Å². The molecular formula is C14H19FN2O. The zero-order valence-electron chi connectivity index (χ0n) is 10.9. The van der Waals surface area contributed by atoms with Crippen molar-refractivity contribution in [1.29, 1.82) is 0 Å². The third kappa shape index (κ3) is 2.70. The number of benzene rings is 1. The van der Waals surface area contributed by atoms with Gasteiger partial charge in [0.25, 0.3) is 0 Å². The molecule has 0 bridgehead atoms. The molecule has 1 amide bonds. The molecule has 1 heterocycles. The van der Waals surface area contributed by atoms with E-state index < -0.39 is 0 Å². The highest BCUT2D eigenvalue weighted by molar-refractivity contribution is 5.82. The SMILES string of the molecule is CCC1NCCN(Cc2ccc(F)cc2C)C1=O. The molecule has 2 rings (SSSR count). The molecular weight excluding hydrogens is 231 g/mol. The summed E-state index contributed by atoms with van der Waals surface area (Å²) in [6.45, 7) is 5.99. The molecule has 1 unspecified atom stereocenters. The monoisotopic (exact) mass is 250 g/mol. The maximum Gasteiger partial charge on any atom is 0.240 e. The fraction of sp³-hybridized carbons (Fsp3) is 0.500. The number of nitrogens with one attached hydrogen (secondary N) is 1. The third-order valence-corrected chi connectivity index (χ3v) is 3.46. The molecule has 1 atom stereocenters. The van der Waals surface area contributed by atoms with Crippen LogP contribution in [0.15, 0.2) is 18.2 Å². The first-order chi connectivity index (χ1) is 8.61. The van der Waals surface area contributed by atoms with E-state index in [1.54, 1.807) is 6.07 Å². The molecule has 1 aromatic rings. The van der Waals surface area contributed by atoms with Gasteiger partial charge in [-0.15, -0.1) is 0 Å². The van der Waals surface area contributed by atoms with Crippen molar-refractivity contribution >= 4 is 5.91 Å². The molecule has 0 radical (unpaired) electrons.